The molecule has 1 aromatic heterocycles. The van der Waals surface area contributed by atoms with Crippen molar-refractivity contribution in [2.24, 2.45) is 0 Å². The molecule has 0 bridgehead atoms. The Labute approximate surface area is 157 Å². The van der Waals surface area contributed by atoms with Crippen molar-refractivity contribution in [2.75, 3.05) is 6.61 Å². The van der Waals surface area contributed by atoms with Crippen LogP contribution in [0.5, 0.6) is 0 Å². The zero-order valence-corrected chi connectivity index (χ0v) is 14.8. The molecule has 2 atom stereocenters. The Morgan fingerprint density at radius 3 is 2.56 bits per heavy atom. The lowest BCUT2D eigenvalue weighted by atomic mass is 9.89. The highest BCUT2D eigenvalue weighted by molar-refractivity contribution is 7.19. The molecule has 2 aromatic carbocycles. The number of carbonyl (C=O) groups excluding carboxylic acids is 1. The monoisotopic (exact) mass is 389 g/mol. The van der Waals surface area contributed by atoms with E-state index < -0.39 is 23.9 Å². The summed E-state index contributed by atoms with van der Waals surface area (Å²) in [4.78, 5) is 15.1. The molecule has 0 N–H and O–H groups in total. The molecule has 2 aliphatic heterocycles. The quantitative estimate of drug-likeness (QED) is 0.559. The van der Waals surface area contributed by atoms with Crippen LogP contribution in [0.2, 0.25) is 0 Å². The van der Waals surface area contributed by atoms with E-state index in [0.29, 0.717) is 18.6 Å². The van der Waals surface area contributed by atoms with Crippen LogP contribution in [0.25, 0.3) is 10.1 Å². The predicted molar refractivity (Wildman–Crippen MR) is 95.8 cm³/mol. The third-order valence-electron chi connectivity index (χ3n) is 5.25. The Morgan fingerprint density at radius 2 is 1.81 bits per heavy atom. The van der Waals surface area contributed by atoms with Gasteiger partial charge in [-0.25, -0.2) is 4.79 Å². The number of carbonyl (C=O) groups is 1. The molecule has 3 aromatic rings. The topological polar surface area (TPSA) is 29.5 Å². The third kappa shape index (κ3) is 2.52. The Kier molecular flexibility index (Phi) is 3.53. The zero-order valence-electron chi connectivity index (χ0n) is 14.0. The molecule has 1 amide bonds. The molecule has 7 heteroatoms. The van der Waals surface area contributed by atoms with Crippen LogP contribution in [0, 0.1) is 0 Å². The van der Waals surface area contributed by atoms with E-state index in [-0.39, 0.29) is 6.04 Å². The van der Waals surface area contributed by atoms with Crippen LogP contribution in [0.3, 0.4) is 0 Å². The Hall–Kier alpha value is -2.54. The molecule has 1 fully saturated rings. The molecule has 138 valence electrons. The van der Waals surface area contributed by atoms with Gasteiger partial charge in [-0.3, -0.25) is 4.90 Å². The van der Waals surface area contributed by atoms with E-state index in [2.05, 4.69) is 6.07 Å². The highest BCUT2D eigenvalue weighted by atomic mass is 32.1. The van der Waals surface area contributed by atoms with Crippen molar-refractivity contribution in [3.05, 3.63) is 70.1 Å². The van der Waals surface area contributed by atoms with Gasteiger partial charge in [-0.1, -0.05) is 30.3 Å². The number of alkyl halides is 3. The van der Waals surface area contributed by atoms with Gasteiger partial charge < -0.3 is 4.74 Å². The number of cyclic esters (lactones) is 1. The first kappa shape index (κ1) is 16.6. The summed E-state index contributed by atoms with van der Waals surface area (Å²) in [7, 11) is 0. The zero-order chi connectivity index (χ0) is 18.8. The average molecular weight is 389 g/mol. The number of thiophene rings is 1. The minimum atomic E-state index is -4.39. The van der Waals surface area contributed by atoms with Gasteiger partial charge in [0, 0.05) is 9.58 Å². The number of halogens is 3. The highest BCUT2D eigenvalue weighted by Crippen LogP contribution is 2.47. The standard InChI is InChI=1S/C20H14F3NO2S/c21-20(22,23)12-7-5-11(6-8-12)17-18-15(9-13-10-26-19(25)24(13)17)14-3-1-2-4-16(14)27-18/h1-8,13,17H,9-10H2/t13-,17+/m0/s1. The first-order chi connectivity index (χ1) is 12.9. The second-order valence-corrected chi connectivity index (χ2v) is 7.89. The summed E-state index contributed by atoms with van der Waals surface area (Å²) >= 11 is 1.59. The first-order valence-corrected chi connectivity index (χ1v) is 9.37. The molecular weight excluding hydrogens is 375 g/mol. The summed E-state index contributed by atoms with van der Waals surface area (Å²) in [6, 6.07) is 12.6. The molecule has 0 spiro atoms. The highest BCUT2D eigenvalue weighted by Gasteiger charge is 2.45. The summed E-state index contributed by atoms with van der Waals surface area (Å²) in [6.07, 6.45) is -4.10. The van der Waals surface area contributed by atoms with Crippen molar-refractivity contribution in [1.82, 2.24) is 4.90 Å². The maximum absolute atomic E-state index is 12.9. The summed E-state index contributed by atoms with van der Waals surface area (Å²) < 4.78 is 45.2. The van der Waals surface area contributed by atoms with E-state index in [4.69, 9.17) is 4.74 Å². The van der Waals surface area contributed by atoms with Crippen molar-refractivity contribution in [1.29, 1.82) is 0 Å². The van der Waals surface area contributed by atoms with Gasteiger partial charge in [0.05, 0.1) is 17.6 Å². The number of hydrogen-bond donors (Lipinski definition) is 0. The lowest BCUT2D eigenvalue weighted by Crippen LogP contribution is -2.42. The lowest BCUT2D eigenvalue weighted by Gasteiger charge is -2.35. The van der Waals surface area contributed by atoms with Crippen molar-refractivity contribution in [2.45, 2.75) is 24.7 Å². The molecule has 2 aliphatic rings. The van der Waals surface area contributed by atoms with E-state index in [9.17, 15) is 18.0 Å². The van der Waals surface area contributed by atoms with Crippen LogP contribution in [0.4, 0.5) is 18.0 Å². The minimum absolute atomic E-state index is 0.102. The maximum atomic E-state index is 12.9. The molecule has 1 saturated heterocycles. The fourth-order valence-electron chi connectivity index (χ4n) is 4.02. The number of rotatable bonds is 1. The van der Waals surface area contributed by atoms with Crippen LogP contribution in [0.1, 0.15) is 27.6 Å². The van der Waals surface area contributed by atoms with Gasteiger partial charge >= 0.3 is 12.3 Å². The lowest BCUT2D eigenvalue weighted by molar-refractivity contribution is -0.137. The smallest absolute Gasteiger partial charge is 0.416 e. The van der Waals surface area contributed by atoms with Crippen LogP contribution >= 0.6 is 11.3 Å². The summed E-state index contributed by atoms with van der Waals surface area (Å²) in [5.74, 6) is 0. The molecule has 27 heavy (non-hydrogen) atoms. The van der Waals surface area contributed by atoms with E-state index in [1.54, 1.807) is 16.2 Å². The molecule has 0 aliphatic carbocycles. The van der Waals surface area contributed by atoms with E-state index in [1.165, 1.54) is 17.7 Å². The second kappa shape index (κ2) is 5.73. The van der Waals surface area contributed by atoms with Crippen molar-refractivity contribution in [3.8, 4) is 0 Å². The molecular formula is C20H14F3NO2S. The van der Waals surface area contributed by atoms with Gasteiger partial charge in [-0.05, 0) is 41.1 Å². The largest absolute Gasteiger partial charge is 0.447 e. The normalized spacial score (nSPS) is 21.9. The number of hydrogen-bond acceptors (Lipinski definition) is 3. The van der Waals surface area contributed by atoms with Gasteiger partial charge in [-0.15, -0.1) is 11.3 Å². The van der Waals surface area contributed by atoms with Crippen LogP contribution in [-0.4, -0.2) is 23.6 Å². The van der Waals surface area contributed by atoms with Crippen LogP contribution in [-0.2, 0) is 17.3 Å². The number of fused-ring (bicyclic) bond motifs is 4. The van der Waals surface area contributed by atoms with Crippen molar-refractivity contribution < 1.29 is 22.7 Å². The molecule has 0 saturated carbocycles. The van der Waals surface area contributed by atoms with Crippen molar-refractivity contribution >= 4 is 27.5 Å². The maximum Gasteiger partial charge on any atom is 0.416 e. The molecule has 0 unspecified atom stereocenters. The summed E-state index contributed by atoms with van der Waals surface area (Å²) in [6.45, 7) is 0.305. The summed E-state index contributed by atoms with van der Waals surface area (Å²) in [5, 5.41) is 1.15. The van der Waals surface area contributed by atoms with Crippen LogP contribution < -0.4 is 0 Å². The van der Waals surface area contributed by atoms with Gasteiger partial charge in [-0.2, -0.15) is 13.2 Å². The number of amides is 1. The fraction of sp³-hybridized carbons (Fsp3) is 0.250. The molecule has 0 radical (unpaired) electrons. The summed E-state index contributed by atoms with van der Waals surface area (Å²) in [5.41, 5.74) is 1.14. The van der Waals surface area contributed by atoms with E-state index in [0.717, 1.165) is 27.1 Å². The molecule has 5 rings (SSSR count). The van der Waals surface area contributed by atoms with Gasteiger partial charge in [0.2, 0.25) is 0 Å². The third-order valence-corrected chi connectivity index (χ3v) is 6.52. The molecule has 3 heterocycles. The predicted octanol–water partition coefficient (Wildman–Crippen LogP) is 5.39. The Morgan fingerprint density at radius 1 is 1.07 bits per heavy atom. The van der Waals surface area contributed by atoms with E-state index in [1.807, 2.05) is 18.2 Å². The minimum Gasteiger partial charge on any atom is -0.447 e. The SMILES string of the molecule is O=C1OC[C@@H]2Cc3c(sc4ccccc34)[C@@H](c3ccc(C(F)(F)F)cc3)N12. The first-order valence-electron chi connectivity index (χ1n) is 8.56. The Bertz CT molecular complexity index is 1040. The number of nitrogens with zero attached hydrogens (tertiary/aromatic N) is 1. The fourth-order valence-corrected chi connectivity index (χ4v) is 5.38. The number of benzene rings is 2. The molecule has 3 nitrogen and oxygen atoms in total. The van der Waals surface area contributed by atoms with Gasteiger partial charge in [0.25, 0.3) is 0 Å². The van der Waals surface area contributed by atoms with Crippen molar-refractivity contribution in [3.63, 3.8) is 0 Å². The Balaban J connectivity index is 1.68. The van der Waals surface area contributed by atoms with Gasteiger partial charge in [0.1, 0.15) is 6.61 Å². The van der Waals surface area contributed by atoms with Crippen LogP contribution in [0.15, 0.2) is 48.5 Å². The second-order valence-electron chi connectivity index (χ2n) is 6.81. The van der Waals surface area contributed by atoms with E-state index >= 15 is 0 Å². The average Bonchev–Trinajstić information content (AvgIpc) is 3.20. The van der Waals surface area contributed by atoms with Gasteiger partial charge in [0.15, 0.2) is 0 Å². The number of ether oxygens (including phenoxy) is 1.